The summed E-state index contributed by atoms with van der Waals surface area (Å²) in [5.74, 6) is -0.237. The molecule has 1 amide bonds. The lowest BCUT2D eigenvalue weighted by molar-refractivity contribution is -0.139. The van der Waals surface area contributed by atoms with Gasteiger partial charge in [-0.15, -0.1) is 0 Å². The monoisotopic (exact) mass is 519 g/mol. The molecule has 1 aliphatic heterocycles. The molecule has 0 saturated carbocycles. The number of carbonyl (C=O) groups excluding carboxylic acids is 1. The highest BCUT2D eigenvalue weighted by atomic mass is 19.4. The van der Waals surface area contributed by atoms with Gasteiger partial charge in [-0.3, -0.25) is 9.59 Å². The fourth-order valence-electron chi connectivity index (χ4n) is 4.51. The van der Waals surface area contributed by atoms with E-state index in [2.05, 4.69) is 25.7 Å². The maximum absolute atomic E-state index is 13.3. The van der Waals surface area contributed by atoms with Crippen molar-refractivity contribution in [3.8, 4) is 0 Å². The Morgan fingerprint density at radius 1 is 1.08 bits per heavy atom. The number of hydrogen-bond acceptors (Lipinski definition) is 7. The zero-order chi connectivity index (χ0) is 26.3. The summed E-state index contributed by atoms with van der Waals surface area (Å²) in [4.78, 5) is 33.7. The number of nitrogens with zero attached hydrogens (tertiary/aromatic N) is 4. The predicted molar refractivity (Wildman–Crippen MR) is 114 cm³/mol. The number of piperidine rings is 1. The van der Waals surface area contributed by atoms with Crippen molar-refractivity contribution in [2.45, 2.75) is 63.1 Å². The quantitative estimate of drug-likeness (QED) is 0.520. The lowest BCUT2D eigenvalue weighted by Gasteiger charge is -2.33. The smallest absolute Gasteiger partial charge is 0.346 e. The molecule has 2 aromatic rings. The van der Waals surface area contributed by atoms with Gasteiger partial charge in [-0.25, -0.2) is 15.1 Å². The maximum atomic E-state index is 13.3. The fraction of sp³-hybridized carbons (Fsp3) is 0.571. The molecule has 0 spiro atoms. The average molecular weight is 519 g/mol. The first-order valence-electron chi connectivity index (χ1n) is 11.2. The molecule has 1 saturated heterocycles. The number of alkyl halides is 6. The molecule has 0 radical (unpaired) electrons. The van der Waals surface area contributed by atoms with Crippen LogP contribution in [-0.4, -0.2) is 51.2 Å². The van der Waals surface area contributed by atoms with Crippen molar-refractivity contribution < 1.29 is 31.1 Å². The van der Waals surface area contributed by atoms with Gasteiger partial charge in [0.05, 0.1) is 23.3 Å². The Hall–Kier alpha value is -3.23. The van der Waals surface area contributed by atoms with Crippen molar-refractivity contribution in [1.82, 2.24) is 30.8 Å². The number of carbonyl (C=O) groups is 1. The molecule has 36 heavy (non-hydrogen) atoms. The Labute approximate surface area is 200 Å². The van der Waals surface area contributed by atoms with Gasteiger partial charge in [0, 0.05) is 31.5 Å². The van der Waals surface area contributed by atoms with Gasteiger partial charge in [0.1, 0.15) is 5.56 Å². The van der Waals surface area contributed by atoms with Gasteiger partial charge in [-0.05, 0) is 38.2 Å². The van der Waals surface area contributed by atoms with Gasteiger partial charge in [-0.1, -0.05) is 0 Å². The van der Waals surface area contributed by atoms with E-state index in [0.29, 0.717) is 25.9 Å². The Balaban J connectivity index is 1.31. The predicted octanol–water partition coefficient (Wildman–Crippen LogP) is 2.35. The minimum absolute atomic E-state index is 0.00678. The highest BCUT2D eigenvalue weighted by molar-refractivity contribution is 5.81. The summed E-state index contributed by atoms with van der Waals surface area (Å²) in [6, 6.07) is -1.50. The molecule has 4 rings (SSSR count). The van der Waals surface area contributed by atoms with Crippen LogP contribution >= 0.6 is 0 Å². The van der Waals surface area contributed by atoms with Crippen LogP contribution in [0.15, 0.2) is 17.2 Å². The summed E-state index contributed by atoms with van der Waals surface area (Å²) >= 11 is 0. The third-order valence-corrected chi connectivity index (χ3v) is 6.35. The van der Waals surface area contributed by atoms with E-state index in [0.717, 1.165) is 12.4 Å². The number of H-pyrrole nitrogens is 1. The fourth-order valence-corrected chi connectivity index (χ4v) is 4.51. The minimum atomic E-state index is -4.82. The van der Waals surface area contributed by atoms with E-state index in [1.165, 1.54) is 0 Å². The Kier molecular flexibility index (Phi) is 6.94. The molecule has 9 nitrogen and oxygen atoms in total. The van der Waals surface area contributed by atoms with Crippen LogP contribution in [0.5, 0.6) is 0 Å². The molecule has 196 valence electrons. The number of amides is 1. The number of rotatable bonds is 5. The molecule has 2 aliphatic rings. The lowest BCUT2D eigenvalue weighted by atomic mass is 10.0. The van der Waals surface area contributed by atoms with E-state index in [1.807, 2.05) is 5.10 Å². The summed E-state index contributed by atoms with van der Waals surface area (Å²) in [7, 11) is 0. The highest BCUT2D eigenvalue weighted by Gasteiger charge is 2.41. The molecule has 0 unspecified atom stereocenters. The Morgan fingerprint density at radius 2 is 1.72 bits per heavy atom. The normalized spacial score (nSPS) is 19.8. The zero-order valence-electron chi connectivity index (χ0n) is 19.0. The number of hydrogen-bond donors (Lipinski definition) is 3. The Bertz CT molecular complexity index is 1160. The molecule has 3 heterocycles. The highest BCUT2D eigenvalue weighted by Crippen LogP contribution is 2.37. The molecule has 2 atom stereocenters. The van der Waals surface area contributed by atoms with Crippen molar-refractivity contribution in [2.75, 3.05) is 18.0 Å². The largest absolute Gasteiger partial charge is 0.422 e. The molecule has 0 aromatic carbocycles. The second-order valence-electron chi connectivity index (χ2n) is 8.81. The first-order chi connectivity index (χ1) is 16.8. The first-order valence-corrected chi connectivity index (χ1v) is 11.2. The zero-order valence-corrected chi connectivity index (χ0v) is 19.0. The maximum Gasteiger partial charge on any atom is 0.422 e. The number of nitrogens with one attached hydrogen (secondary N) is 3. The van der Waals surface area contributed by atoms with Crippen molar-refractivity contribution >= 4 is 11.9 Å². The Morgan fingerprint density at radius 3 is 2.31 bits per heavy atom. The van der Waals surface area contributed by atoms with E-state index in [9.17, 15) is 35.9 Å². The molecular formula is C21H23F6N7O2. The van der Waals surface area contributed by atoms with E-state index < -0.39 is 47.0 Å². The second-order valence-corrected chi connectivity index (χ2v) is 8.81. The van der Waals surface area contributed by atoms with Gasteiger partial charge >= 0.3 is 12.4 Å². The van der Waals surface area contributed by atoms with Crippen molar-refractivity contribution in [3.63, 3.8) is 0 Å². The molecule has 0 bridgehead atoms. The molecule has 15 heteroatoms. The minimum Gasteiger partial charge on any atom is -0.346 e. The van der Waals surface area contributed by atoms with Crippen LogP contribution in [0.1, 0.15) is 54.6 Å². The van der Waals surface area contributed by atoms with Gasteiger partial charge in [0.25, 0.3) is 5.56 Å². The van der Waals surface area contributed by atoms with Crippen molar-refractivity contribution in [3.05, 3.63) is 45.1 Å². The summed E-state index contributed by atoms with van der Waals surface area (Å²) < 4.78 is 77.9. The number of anilines is 1. The average Bonchev–Trinajstić information content (AvgIpc) is 3.20. The number of halogens is 6. The van der Waals surface area contributed by atoms with Gasteiger partial charge in [0.15, 0.2) is 0 Å². The van der Waals surface area contributed by atoms with Crippen LogP contribution in [-0.2, 0) is 23.6 Å². The topological polar surface area (TPSA) is 116 Å². The first kappa shape index (κ1) is 25.9. The van der Waals surface area contributed by atoms with E-state index >= 15 is 0 Å². The molecule has 2 aromatic heterocycles. The van der Waals surface area contributed by atoms with Gasteiger partial charge in [0.2, 0.25) is 11.9 Å². The van der Waals surface area contributed by atoms with Crippen LogP contribution in [0.25, 0.3) is 0 Å². The van der Waals surface area contributed by atoms with E-state index in [4.69, 9.17) is 0 Å². The van der Waals surface area contributed by atoms with Crippen LogP contribution in [0.4, 0.5) is 32.3 Å². The standard InChI is InChI=1S/C21H23F6N7O2/c1-10(17(35)31-14-3-2-13-15(21(25,26)27)18(36)33-32-16(13)14)30-12-4-6-34(7-5-12)19-28-8-11(9-29-19)20(22,23)24/h8-10,12,14,30H,2-7H2,1H3,(H,31,35)(H,33,36)/t10-,14-/m1/s1. The van der Waals surface area contributed by atoms with Gasteiger partial charge < -0.3 is 15.5 Å². The molecule has 1 aliphatic carbocycles. The second kappa shape index (κ2) is 9.67. The van der Waals surface area contributed by atoms with Crippen LogP contribution < -0.4 is 21.1 Å². The van der Waals surface area contributed by atoms with E-state index in [1.54, 1.807) is 11.8 Å². The summed E-state index contributed by atoms with van der Waals surface area (Å²) in [5, 5.41) is 11.5. The summed E-state index contributed by atoms with van der Waals surface area (Å²) in [6.45, 7) is 2.55. The van der Waals surface area contributed by atoms with Crippen molar-refractivity contribution in [2.24, 2.45) is 0 Å². The van der Waals surface area contributed by atoms with Crippen LogP contribution in [0, 0.1) is 0 Å². The lowest BCUT2D eigenvalue weighted by Crippen LogP contribution is -2.51. The third-order valence-electron chi connectivity index (χ3n) is 6.35. The number of aromatic amines is 1. The number of fused-ring (bicyclic) bond motifs is 1. The molecular weight excluding hydrogens is 496 g/mol. The van der Waals surface area contributed by atoms with Crippen LogP contribution in [0.2, 0.25) is 0 Å². The van der Waals surface area contributed by atoms with Crippen molar-refractivity contribution in [1.29, 1.82) is 0 Å². The summed E-state index contributed by atoms with van der Waals surface area (Å²) in [5.41, 5.74) is -3.71. The summed E-state index contributed by atoms with van der Waals surface area (Å²) in [6.07, 6.45) is -6.55. The van der Waals surface area contributed by atoms with Gasteiger partial charge in [-0.2, -0.15) is 31.4 Å². The molecule has 1 fully saturated rings. The number of aromatic nitrogens is 4. The SMILES string of the molecule is C[C@@H](NC1CCN(c2ncc(C(F)(F)F)cn2)CC1)C(=O)N[C@@H]1CCc2c1n[nH]c(=O)c2C(F)(F)F. The van der Waals surface area contributed by atoms with E-state index in [-0.39, 0.29) is 36.1 Å². The molecule has 3 N–H and O–H groups in total. The van der Waals surface area contributed by atoms with Crippen LogP contribution in [0.3, 0.4) is 0 Å². The third kappa shape index (κ3) is 5.44.